The molecule has 0 spiro atoms. The summed E-state index contributed by atoms with van der Waals surface area (Å²) in [4.78, 5) is 42.7. The fraction of sp³-hybridized carbons (Fsp3) is 0.345. The number of nitrogens with zero attached hydrogens (tertiary/aromatic N) is 1. The molecule has 3 amide bonds. The second kappa shape index (κ2) is 15.2. The number of carbonyl (C=O) groups excluding carboxylic acids is 3. The number of nitrogens with one attached hydrogen (secondary N) is 2. The van der Waals surface area contributed by atoms with Crippen molar-refractivity contribution >= 4 is 18.2 Å². The third-order valence-electron chi connectivity index (χ3n) is 5.98. The van der Waals surface area contributed by atoms with Crippen LogP contribution in [0.1, 0.15) is 48.7 Å². The van der Waals surface area contributed by atoms with Crippen LogP contribution in [0.15, 0.2) is 71.1 Å². The summed E-state index contributed by atoms with van der Waals surface area (Å²) in [6.07, 6.45) is 4.00. The van der Waals surface area contributed by atoms with Crippen LogP contribution in [0.25, 0.3) is 11.3 Å². The third kappa shape index (κ3) is 8.77. The quantitative estimate of drug-likeness (QED) is 0.124. The molecule has 0 aliphatic carbocycles. The lowest BCUT2D eigenvalue weighted by molar-refractivity contribution is -0.182. The SMILES string of the molecule is CCCCCC(CN(C=O)OCc1ccccc1)C(=O)NCNC(=O)c1ccc(-c2cccc(OC)c2)o1. The van der Waals surface area contributed by atoms with E-state index in [0.717, 1.165) is 35.5 Å². The predicted molar refractivity (Wildman–Crippen MR) is 143 cm³/mol. The molecule has 0 radical (unpaired) electrons. The largest absolute Gasteiger partial charge is 0.497 e. The predicted octanol–water partition coefficient (Wildman–Crippen LogP) is 4.55. The van der Waals surface area contributed by atoms with Crippen molar-refractivity contribution in [1.82, 2.24) is 15.7 Å². The number of amides is 3. The van der Waals surface area contributed by atoms with Crippen LogP contribution in [0.5, 0.6) is 5.75 Å². The van der Waals surface area contributed by atoms with E-state index in [1.807, 2.05) is 54.6 Å². The second-order valence-corrected chi connectivity index (χ2v) is 8.78. The summed E-state index contributed by atoms with van der Waals surface area (Å²) >= 11 is 0. The summed E-state index contributed by atoms with van der Waals surface area (Å²) in [6.45, 7) is 2.34. The Balaban J connectivity index is 1.52. The Morgan fingerprint density at radius 1 is 1.03 bits per heavy atom. The maximum Gasteiger partial charge on any atom is 0.288 e. The van der Waals surface area contributed by atoms with Gasteiger partial charge in [0.15, 0.2) is 5.76 Å². The van der Waals surface area contributed by atoms with Gasteiger partial charge in [-0.1, -0.05) is 68.7 Å². The van der Waals surface area contributed by atoms with Crippen molar-refractivity contribution in [3.63, 3.8) is 0 Å². The van der Waals surface area contributed by atoms with E-state index in [9.17, 15) is 14.4 Å². The number of hydroxylamine groups is 2. The molecule has 0 saturated heterocycles. The number of furan rings is 1. The number of hydrogen-bond donors (Lipinski definition) is 2. The van der Waals surface area contributed by atoms with Crippen LogP contribution in [-0.2, 0) is 21.0 Å². The van der Waals surface area contributed by atoms with Crippen LogP contribution in [-0.4, -0.2) is 43.6 Å². The Morgan fingerprint density at radius 3 is 2.58 bits per heavy atom. The van der Waals surface area contributed by atoms with Crippen molar-refractivity contribution in [3.8, 4) is 17.1 Å². The first-order chi connectivity index (χ1) is 18.5. The fourth-order valence-electron chi connectivity index (χ4n) is 3.86. The maximum atomic E-state index is 12.9. The van der Waals surface area contributed by atoms with Crippen molar-refractivity contribution in [3.05, 3.63) is 78.1 Å². The van der Waals surface area contributed by atoms with Gasteiger partial charge >= 0.3 is 0 Å². The molecular weight excluding hydrogens is 486 g/mol. The lowest BCUT2D eigenvalue weighted by Crippen LogP contribution is -2.43. The Bertz CT molecular complexity index is 1160. The van der Waals surface area contributed by atoms with Crippen molar-refractivity contribution < 1.29 is 28.4 Å². The van der Waals surface area contributed by atoms with Gasteiger partial charge in [0.1, 0.15) is 18.1 Å². The Kier molecular flexibility index (Phi) is 11.4. The van der Waals surface area contributed by atoms with Gasteiger partial charge in [-0.2, -0.15) is 0 Å². The Morgan fingerprint density at radius 2 is 1.84 bits per heavy atom. The fourth-order valence-corrected chi connectivity index (χ4v) is 3.86. The highest BCUT2D eigenvalue weighted by Gasteiger charge is 2.22. The van der Waals surface area contributed by atoms with E-state index in [1.165, 1.54) is 0 Å². The molecule has 0 bridgehead atoms. The minimum absolute atomic E-state index is 0.0803. The summed E-state index contributed by atoms with van der Waals surface area (Å²) < 4.78 is 10.9. The Labute approximate surface area is 223 Å². The molecule has 1 aromatic heterocycles. The number of rotatable bonds is 16. The van der Waals surface area contributed by atoms with E-state index < -0.39 is 11.8 Å². The highest BCUT2D eigenvalue weighted by molar-refractivity contribution is 5.92. The number of hydrogen-bond acceptors (Lipinski definition) is 6. The molecule has 0 aliphatic heterocycles. The summed E-state index contributed by atoms with van der Waals surface area (Å²) in [7, 11) is 1.58. The number of methoxy groups -OCH3 is 1. The normalized spacial score (nSPS) is 11.4. The van der Waals surface area contributed by atoms with E-state index in [0.29, 0.717) is 24.3 Å². The number of ether oxygens (including phenoxy) is 1. The summed E-state index contributed by atoms with van der Waals surface area (Å²) in [5.74, 6) is 0.120. The van der Waals surface area contributed by atoms with Crippen molar-refractivity contribution in [2.75, 3.05) is 20.3 Å². The first-order valence-electron chi connectivity index (χ1n) is 12.7. The maximum absolute atomic E-state index is 12.9. The van der Waals surface area contributed by atoms with E-state index in [-0.39, 0.29) is 31.5 Å². The summed E-state index contributed by atoms with van der Waals surface area (Å²) in [5.41, 5.74) is 1.70. The smallest absolute Gasteiger partial charge is 0.288 e. The van der Waals surface area contributed by atoms with Crippen LogP contribution >= 0.6 is 0 Å². The highest BCUT2D eigenvalue weighted by Crippen LogP contribution is 2.25. The van der Waals surface area contributed by atoms with Gasteiger partial charge in [0.25, 0.3) is 5.91 Å². The van der Waals surface area contributed by atoms with E-state index in [2.05, 4.69) is 17.6 Å². The van der Waals surface area contributed by atoms with E-state index in [4.69, 9.17) is 14.0 Å². The molecule has 202 valence electrons. The molecular formula is C29H35N3O6. The minimum Gasteiger partial charge on any atom is -0.497 e. The highest BCUT2D eigenvalue weighted by atomic mass is 16.7. The van der Waals surface area contributed by atoms with Crippen molar-refractivity contribution in [2.24, 2.45) is 5.92 Å². The summed E-state index contributed by atoms with van der Waals surface area (Å²) in [5, 5.41) is 6.55. The molecule has 38 heavy (non-hydrogen) atoms. The molecule has 2 N–H and O–H groups in total. The standard InChI is InChI=1S/C29H35N3O6/c1-3-4-6-12-24(18-32(21-33)37-19-22-10-7-5-8-11-22)28(34)30-20-31-29(35)27-16-15-26(38-27)23-13-9-14-25(17-23)36-2/h5,7-11,13-17,21,24H,3-4,6,12,18-20H2,1-2H3,(H,30,34)(H,31,35). The molecule has 1 atom stereocenters. The van der Waals surface area contributed by atoms with Gasteiger partial charge in [-0.05, 0) is 36.2 Å². The van der Waals surface area contributed by atoms with Gasteiger partial charge in [0.2, 0.25) is 12.3 Å². The monoisotopic (exact) mass is 521 g/mol. The van der Waals surface area contributed by atoms with Gasteiger partial charge in [-0.25, -0.2) is 5.06 Å². The molecule has 3 rings (SSSR count). The molecule has 9 heteroatoms. The lowest BCUT2D eigenvalue weighted by Gasteiger charge is -2.23. The molecule has 1 unspecified atom stereocenters. The molecule has 3 aromatic rings. The average Bonchev–Trinajstić information content (AvgIpc) is 3.45. The van der Waals surface area contributed by atoms with E-state index in [1.54, 1.807) is 19.2 Å². The number of carbonyl (C=O) groups is 3. The van der Waals surface area contributed by atoms with Crippen LogP contribution in [0, 0.1) is 5.92 Å². The second-order valence-electron chi connectivity index (χ2n) is 8.78. The first-order valence-corrected chi connectivity index (χ1v) is 12.7. The zero-order valence-corrected chi connectivity index (χ0v) is 21.9. The van der Waals surface area contributed by atoms with Gasteiger partial charge in [0.05, 0.1) is 26.2 Å². The minimum atomic E-state index is -0.484. The lowest BCUT2D eigenvalue weighted by atomic mass is 10.0. The average molecular weight is 522 g/mol. The van der Waals surface area contributed by atoms with E-state index >= 15 is 0 Å². The molecule has 0 aliphatic rings. The molecule has 0 saturated carbocycles. The molecule has 0 fully saturated rings. The van der Waals surface area contributed by atoms with Gasteiger partial charge < -0.3 is 19.8 Å². The molecule has 1 heterocycles. The van der Waals surface area contributed by atoms with Crippen molar-refractivity contribution in [1.29, 1.82) is 0 Å². The van der Waals surface area contributed by atoms with Gasteiger partial charge in [-0.15, -0.1) is 0 Å². The van der Waals surface area contributed by atoms with Crippen LogP contribution in [0.3, 0.4) is 0 Å². The zero-order valence-electron chi connectivity index (χ0n) is 21.9. The van der Waals surface area contributed by atoms with Gasteiger partial charge in [-0.3, -0.25) is 19.2 Å². The van der Waals surface area contributed by atoms with Crippen molar-refractivity contribution in [2.45, 2.75) is 39.2 Å². The number of benzene rings is 2. The van der Waals surface area contributed by atoms with Crippen LogP contribution in [0.2, 0.25) is 0 Å². The summed E-state index contributed by atoms with van der Waals surface area (Å²) in [6, 6.07) is 20.1. The third-order valence-corrected chi connectivity index (χ3v) is 5.98. The van der Waals surface area contributed by atoms with Gasteiger partial charge in [0, 0.05) is 5.56 Å². The first kappa shape index (κ1) is 28.5. The molecule has 9 nitrogen and oxygen atoms in total. The number of unbranched alkanes of at least 4 members (excludes halogenated alkanes) is 2. The van der Waals surface area contributed by atoms with Crippen LogP contribution < -0.4 is 15.4 Å². The zero-order chi connectivity index (χ0) is 27.2. The Hall–Kier alpha value is -4.11. The van der Waals surface area contributed by atoms with Crippen LogP contribution in [0.4, 0.5) is 0 Å². The molecule has 2 aromatic carbocycles. The topological polar surface area (TPSA) is 110 Å².